The molecule has 1 aromatic carbocycles. The number of benzene rings is 1. The maximum absolute atomic E-state index is 12.5. The maximum Gasteiger partial charge on any atom is 0.417 e. The Kier molecular flexibility index (Phi) is 3.42. The van der Waals surface area contributed by atoms with Gasteiger partial charge in [-0.25, -0.2) is 0 Å². The molecule has 0 aliphatic carbocycles. The van der Waals surface area contributed by atoms with Crippen molar-refractivity contribution in [1.29, 1.82) is 0 Å². The highest BCUT2D eigenvalue weighted by atomic mass is 79.9. The minimum atomic E-state index is -4.27. The van der Waals surface area contributed by atoms with Crippen molar-refractivity contribution in [1.82, 2.24) is 0 Å². The van der Waals surface area contributed by atoms with Crippen molar-refractivity contribution in [2.75, 3.05) is 0 Å². The summed E-state index contributed by atoms with van der Waals surface area (Å²) in [5.74, 6) is 0. The fourth-order valence-corrected chi connectivity index (χ4v) is 3.82. The molecule has 0 spiro atoms. The molecule has 0 heterocycles. The van der Waals surface area contributed by atoms with E-state index in [1.54, 1.807) is 6.07 Å². The molecule has 0 saturated heterocycles. The number of alkyl halides is 3. The van der Waals surface area contributed by atoms with Crippen LogP contribution >= 0.6 is 15.9 Å². The second-order valence-corrected chi connectivity index (χ2v) is 6.50. The van der Waals surface area contributed by atoms with Crippen LogP contribution in [-0.4, -0.2) is 8.80 Å². The van der Waals surface area contributed by atoms with E-state index >= 15 is 0 Å². The molecule has 0 atom stereocenters. The molecule has 1 aromatic rings. The first kappa shape index (κ1) is 11.8. The standard InChI is InChI=1S/C9H9BrF3Si/c1-14(2)7-5-3-4-6(8(7)10)9(11,12)13/h3-5H,1-2H3. The van der Waals surface area contributed by atoms with Gasteiger partial charge in [0.1, 0.15) is 0 Å². The molecule has 77 valence electrons. The van der Waals surface area contributed by atoms with E-state index in [2.05, 4.69) is 15.9 Å². The zero-order valence-electron chi connectivity index (χ0n) is 7.74. The van der Waals surface area contributed by atoms with Gasteiger partial charge in [-0.3, -0.25) is 0 Å². The van der Waals surface area contributed by atoms with Crippen LogP contribution in [0.3, 0.4) is 0 Å². The summed E-state index contributed by atoms with van der Waals surface area (Å²) in [5, 5.41) is 0.782. The van der Waals surface area contributed by atoms with Gasteiger partial charge < -0.3 is 0 Å². The van der Waals surface area contributed by atoms with E-state index in [9.17, 15) is 13.2 Å². The quantitative estimate of drug-likeness (QED) is 0.692. The zero-order valence-corrected chi connectivity index (χ0v) is 10.3. The largest absolute Gasteiger partial charge is 0.417 e. The van der Waals surface area contributed by atoms with Gasteiger partial charge in [0.15, 0.2) is 0 Å². The van der Waals surface area contributed by atoms with Crippen LogP contribution in [0.15, 0.2) is 22.7 Å². The van der Waals surface area contributed by atoms with Crippen LogP contribution in [-0.2, 0) is 6.18 Å². The summed E-state index contributed by atoms with van der Waals surface area (Å²) in [6, 6.07) is 4.30. The molecule has 0 aliphatic heterocycles. The summed E-state index contributed by atoms with van der Waals surface area (Å²) in [7, 11) is -0.871. The smallest absolute Gasteiger partial charge is 0.166 e. The number of hydrogen-bond donors (Lipinski definition) is 0. The highest BCUT2D eigenvalue weighted by Crippen LogP contribution is 2.33. The first-order chi connectivity index (χ1) is 6.34. The summed E-state index contributed by atoms with van der Waals surface area (Å²) in [6.07, 6.45) is -4.27. The molecule has 0 unspecified atom stereocenters. The van der Waals surface area contributed by atoms with Crippen molar-refractivity contribution in [2.45, 2.75) is 19.3 Å². The highest BCUT2D eigenvalue weighted by molar-refractivity contribution is 9.10. The molecule has 14 heavy (non-hydrogen) atoms. The zero-order chi connectivity index (χ0) is 10.9. The lowest BCUT2D eigenvalue weighted by Gasteiger charge is -2.13. The predicted octanol–water partition coefficient (Wildman–Crippen LogP) is 3.43. The number of rotatable bonds is 1. The van der Waals surface area contributed by atoms with Gasteiger partial charge in [0, 0.05) is 4.47 Å². The van der Waals surface area contributed by atoms with Gasteiger partial charge >= 0.3 is 6.18 Å². The van der Waals surface area contributed by atoms with Crippen molar-refractivity contribution in [3.63, 3.8) is 0 Å². The Morgan fingerprint density at radius 3 is 2.21 bits per heavy atom. The average Bonchev–Trinajstić information content (AvgIpc) is 2.01. The molecule has 1 radical (unpaired) electrons. The van der Waals surface area contributed by atoms with E-state index in [4.69, 9.17) is 0 Å². The Hall–Kier alpha value is -0.293. The van der Waals surface area contributed by atoms with Gasteiger partial charge in [0.25, 0.3) is 0 Å². The minimum Gasteiger partial charge on any atom is -0.166 e. The van der Waals surface area contributed by atoms with Crippen LogP contribution < -0.4 is 5.19 Å². The summed E-state index contributed by atoms with van der Waals surface area (Å²) in [4.78, 5) is 0. The van der Waals surface area contributed by atoms with Gasteiger partial charge in [0.2, 0.25) is 0 Å². The fourth-order valence-electron chi connectivity index (χ4n) is 1.14. The van der Waals surface area contributed by atoms with Gasteiger partial charge in [0.05, 0.1) is 14.4 Å². The van der Waals surface area contributed by atoms with Crippen LogP contribution in [0.5, 0.6) is 0 Å². The summed E-state index contributed by atoms with van der Waals surface area (Å²) in [5.41, 5.74) is -0.582. The Balaban J connectivity index is 3.28. The lowest BCUT2D eigenvalue weighted by atomic mass is 10.2. The third-order valence-electron chi connectivity index (χ3n) is 1.84. The molecule has 0 fully saturated rings. The van der Waals surface area contributed by atoms with E-state index in [0.29, 0.717) is 0 Å². The summed E-state index contributed by atoms with van der Waals surface area (Å²) < 4.78 is 37.6. The number of hydrogen-bond acceptors (Lipinski definition) is 0. The number of halogens is 4. The van der Waals surface area contributed by atoms with Crippen molar-refractivity contribution in [3.8, 4) is 0 Å². The first-order valence-corrected chi connectivity index (χ1v) is 7.29. The van der Waals surface area contributed by atoms with Gasteiger partial charge in [-0.05, 0) is 11.3 Å². The monoisotopic (exact) mass is 281 g/mol. The van der Waals surface area contributed by atoms with Crippen LogP contribution in [0.25, 0.3) is 0 Å². The second-order valence-electron chi connectivity index (χ2n) is 3.16. The molecular weight excluding hydrogens is 273 g/mol. The molecule has 0 nitrogen and oxygen atoms in total. The molecule has 0 saturated carbocycles. The van der Waals surface area contributed by atoms with E-state index in [1.165, 1.54) is 6.07 Å². The molecule has 0 amide bonds. The first-order valence-electron chi connectivity index (χ1n) is 4.00. The summed E-state index contributed by atoms with van der Waals surface area (Å²) >= 11 is 3.02. The maximum atomic E-state index is 12.5. The Labute approximate surface area is 90.9 Å². The van der Waals surface area contributed by atoms with Crippen molar-refractivity contribution < 1.29 is 13.2 Å². The molecule has 0 bridgehead atoms. The van der Waals surface area contributed by atoms with E-state index < -0.39 is 20.5 Å². The van der Waals surface area contributed by atoms with Crippen LogP contribution in [0.1, 0.15) is 5.56 Å². The topological polar surface area (TPSA) is 0 Å². The van der Waals surface area contributed by atoms with E-state index in [1.807, 2.05) is 13.1 Å². The van der Waals surface area contributed by atoms with Gasteiger partial charge in [-0.15, -0.1) is 0 Å². The molecule has 1 rings (SSSR count). The molecule has 0 N–H and O–H groups in total. The highest BCUT2D eigenvalue weighted by Gasteiger charge is 2.33. The van der Waals surface area contributed by atoms with Crippen LogP contribution in [0.4, 0.5) is 13.2 Å². The van der Waals surface area contributed by atoms with Crippen LogP contribution in [0.2, 0.25) is 13.1 Å². The fraction of sp³-hybridized carbons (Fsp3) is 0.333. The van der Waals surface area contributed by atoms with Crippen molar-refractivity contribution in [2.24, 2.45) is 0 Å². The SMILES string of the molecule is C[Si](C)c1cccc(C(F)(F)F)c1Br. The Morgan fingerprint density at radius 1 is 1.21 bits per heavy atom. The second kappa shape index (κ2) is 4.06. The van der Waals surface area contributed by atoms with Crippen LogP contribution in [0, 0.1) is 0 Å². The summed E-state index contributed by atoms with van der Waals surface area (Å²) in [6.45, 7) is 3.93. The van der Waals surface area contributed by atoms with E-state index in [-0.39, 0.29) is 4.47 Å². The minimum absolute atomic E-state index is 0.200. The van der Waals surface area contributed by atoms with E-state index in [0.717, 1.165) is 11.3 Å². The van der Waals surface area contributed by atoms with Crippen molar-refractivity contribution >= 4 is 29.9 Å². The molecule has 0 aliphatic rings. The normalized spacial score (nSPS) is 12.2. The van der Waals surface area contributed by atoms with Gasteiger partial charge in [-0.2, -0.15) is 13.2 Å². The molecule has 0 aromatic heterocycles. The molecule has 5 heteroatoms. The Morgan fingerprint density at radius 2 is 1.79 bits per heavy atom. The lowest BCUT2D eigenvalue weighted by molar-refractivity contribution is -0.138. The molecular formula is C9H9BrF3Si. The third-order valence-corrected chi connectivity index (χ3v) is 4.56. The Bertz CT molecular complexity index is 333. The van der Waals surface area contributed by atoms with Crippen molar-refractivity contribution in [3.05, 3.63) is 28.2 Å². The lowest BCUT2D eigenvalue weighted by Crippen LogP contribution is -2.26. The third kappa shape index (κ3) is 2.39. The predicted molar refractivity (Wildman–Crippen MR) is 56.3 cm³/mol. The van der Waals surface area contributed by atoms with Gasteiger partial charge in [-0.1, -0.05) is 41.2 Å². The average molecular weight is 282 g/mol.